The fourth-order valence-corrected chi connectivity index (χ4v) is 3.80. The number of likely N-dealkylation sites (tertiary alicyclic amines) is 1. The predicted octanol–water partition coefficient (Wildman–Crippen LogP) is 2.95. The summed E-state index contributed by atoms with van der Waals surface area (Å²) in [6, 6.07) is 4.15. The van der Waals surface area contributed by atoms with E-state index >= 15 is 0 Å². The van der Waals surface area contributed by atoms with E-state index in [4.69, 9.17) is 23.2 Å². The molecule has 0 radical (unpaired) electrons. The van der Waals surface area contributed by atoms with Gasteiger partial charge in [-0.3, -0.25) is 19.3 Å². The second kappa shape index (κ2) is 7.18. The van der Waals surface area contributed by atoms with Crippen LogP contribution < -0.4 is 5.32 Å². The summed E-state index contributed by atoms with van der Waals surface area (Å²) in [5.41, 5.74) is 0.712. The van der Waals surface area contributed by atoms with Gasteiger partial charge in [0.05, 0.1) is 11.8 Å². The van der Waals surface area contributed by atoms with E-state index in [2.05, 4.69) is 5.32 Å². The van der Waals surface area contributed by atoms with Crippen LogP contribution in [0.1, 0.15) is 25.3 Å². The fourth-order valence-electron chi connectivity index (χ4n) is 3.32. The van der Waals surface area contributed by atoms with Crippen molar-refractivity contribution >= 4 is 40.9 Å². The summed E-state index contributed by atoms with van der Waals surface area (Å²) in [5, 5.41) is 3.69. The SMILES string of the molecule is C[C@@H](C(=O)NCc1ccc(Cl)cc1Cl)N1C(=O)[C@H]2CC=CC[C@@H]2C1=O. The van der Waals surface area contributed by atoms with Crippen LogP contribution in [0.25, 0.3) is 0 Å². The monoisotopic (exact) mass is 380 g/mol. The Labute approximate surface area is 156 Å². The van der Waals surface area contributed by atoms with E-state index in [1.807, 2.05) is 12.2 Å². The van der Waals surface area contributed by atoms with Crippen LogP contribution in [0.2, 0.25) is 10.0 Å². The number of carbonyl (C=O) groups is 3. The van der Waals surface area contributed by atoms with Crippen LogP contribution in [0.5, 0.6) is 0 Å². The summed E-state index contributed by atoms with van der Waals surface area (Å²) < 4.78 is 0. The first-order valence-corrected chi connectivity index (χ1v) is 8.89. The van der Waals surface area contributed by atoms with Gasteiger partial charge in [0.25, 0.3) is 0 Å². The lowest BCUT2D eigenvalue weighted by Gasteiger charge is -2.22. The number of fused-ring (bicyclic) bond motifs is 1. The first kappa shape index (κ1) is 18.0. The van der Waals surface area contributed by atoms with E-state index in [-0.39, 0.29) is 36.1 Å². The van der Waals surface area contributed by atoms with Crippen molar-refractivity contribution in [2.24, 2.45) is 11.8 Å². The second-order valence-electron chi connectivity index (χ2n) is 6.33. The summed E-state index contributed by atoms with van der Waals surface area (Å²) in [4.78, 5) is 38.6. The molecule has 0 bridgehead atoms. The van der Waals surface area contributed by atoms with Gasteiger partial charge in [0.2, 0.25) is 17.7 Å². The standard InChI is InChI=1S/C18H18Cl2N2O3/c1-10(16(23)21-9-11-6-7-12(19)8-15(11)20)22-17(24)13-4-2-3-5-14(13)18(22)25/h2-3,6-8,10,13-14H,4-5,9H2,1H3,(H,21,23)/t10-,13-,14-/m0/s1. The lowest BCUT2D eigenvalue weighted by Crippen LogP contribution is -2.48. The van der Waals surface area contributed by atoms with E-state index < -0.39 is 6.04 Å². The van der Waals surface area contributed by atoms with Gasteiger partial charge in [-0.25, -0.2) is 0 Å². The summed E-state index contributed by atoms with van der Waals surface area (Å²) in [5.74, 6) is -1.57. The molecule has 0 unspecified atom stereocenters. The number of carbonyl (C=O) groups excluding carboxylic acids is 3. The summed E-state index contributed by atoms with van der Waals surface area (Å²) >= 11 is 11.9. The average molecular weight is 381 g/mol. The number of nitrogens with zero attached hydrogens (tertiary/aromatic N) is 1. The third-order valence-corrected chi connectivity index (χ3v) is 5.36. The molecule has 1 fully saturated rings. The largest absolute Gasteiger partial charge is 0.350 e. The molecule has 1 aliphatic heterocycles. The third-order valence-electron chi connectivity index (χ3n) is 4.78. The van der Waals surface area contributed by atoms with Crippen LogP contribution in [-0.4, -0.2) is 28.7 Å². The minimum absolute atomic E-state index is 0.198. The molecule has 0 spiro atoms. The Kier molecular flexibility index (Phi) is 5.16. The number of halogens is 2. The van der Waals surface area contributed by atoms with Gasteiger partial charge in [0, 0.05) is 16.6 Å². The molecule has 1 aliphatic carbocycles. The maximum absolute atomic E-state index is 12.5. The summed E-state index contributed by atoms with van der Waals surface area (Å²) in [7, 11) is 0. The summed E-state index contributed by atoms with van der Waals surface area (Å²) in [6.45, 7) is 1.77. The highest BCUT2D eigenvalue weighted by molar-refractivity contribution is 6.35. The molecule has 1 aromatic rings. The molecule has 0 aromatic heterocycles. The van der Waals surface area contributed by atoms with Crippen molar-refractivity contribution in [1.29, 1.82) is 0 Å². The average Bonchev–Trinajstić information content (AvgIpc) is 2.85. The Morgan fingerprint density at radius 3 is 2.36 bits per heavy atom. The lowest BCUT2D eigenvalue weighted by molar-refractivity contribution is -0.147. The molecule has 25 heavy (non-hydrogen) atoms. The number of amides is 3. The van der Waals surface area contributed by atoms with Gasteiger partial charge in [-0.15, -0.1) is 0 Å². The van der Waals surface area contributed by atoms with Gasteiger partial charge in [-0.05, 0) is 37.5 Å². The van der Waals surface area contributed by atoms with Crippen molar-refractivity contribution in [2.75, 3.05) is 0 Å². The van der Waals surface area contributed by atoms with E-state index in [9.17, 15) is 14.4 Å². The minimum Gasteiger partial charge on any atom is -0.350 e. The number of imide groups is 1. The topological polar surface area (TPSA) is 66.5 Å². The number of hydrogen-bond donors (Lipinski definition) is 1. The van der Waals surface area contributed by atoms with Crippen molar-refractivity contribution < 1.29 is 14.4 Å². The molecule has 1 aromatic carbocycles. The Balaban J connectivity index is 1.66. The highest BCUT2D eigenvalue weighted by atomic mass is 35.5. The molecule has 1 saturated heterocycles. The van der Waals surface area contributed by atoms with Crippen molar-refractivity contribution in [3.63, 3.8) is 0 Å². The zero-order chi connectivity index (χ0) is 18.1. The third kappa shape index (κ3) is 3.44. The van der Waals surface area contributed by atoms with Gasteiger partial charge in [-0.2, -0.15) is 0 Å². The zero-order valence-corrected chi connectivity index (χ0v) is 15.2. The molecule has 1 N–H and O–H groups in total. The smallest absolute Gasteiger partial charge is 0.243 e. The molecule has 132 valence electrons. The lowest BCUT2D eigenvalue weighted by atomic mass is 9.85. The van der Waals surface area contributed by atoms with Crippen LogP contribution in [0.15, 0.2) is 30.4 Å². The fraction of sp³-hybridized carbons (Fsp3) is 0.389. The number of hydrogen-bond acceptors (Lipinski definition) is 3. The molecule has 5 nitrogen and oxygen atoms in total. The number of allylic oxidation sites excluding steroid dienone is 2. The maximum Gasteiger partial charge on any atom is 0.243 e. The summed E-state index contributed by atoms with van der Waals surface area (Å²) in [6.07, 6.45) is 4.95. The van der Waals surface area contributed by atoms with Gasteiger partial charge in [0.15, 0.2) is 0 Å². The second-order valence-corrected chi connectivity index (χ2v) is 7.18. The van der Waals surface area contributed by atoms with Crippen molar-refractivity contribution in [2.45, 2.75) is 32.4 Å². The molecule has 1 heterocycles. The van der Waals surface area contributed by atoms with Crippen molar-refractivity contribution in [3.8, 4) is 0 Å². The normalized spacial score (nSPS) is 23.6. The first-order valence-electron chi connectivity index (χ1n) is 8.13. The highest BCUT2D eigenvalue weighted by Gasteiger charge is 2.50. The van der Waals surface area contributed by atoms with Gasteiger partial charge in [-0.1, -0.05) is 41.4 Å². The van der Waals surface area contributed by atoms with Crippen LogP contribution in [-0.2, 0) is 20.9 Å². The molecule has 2 aliphatic rings. The molecule has 3 atom stereocenters. The van der Waals surface area contributed by atoms with Crippen molar-refractivity contribution in [3.05, 3.63) is 46.0 Å². The molecular weight excluding hydrogens is 363 g/mol. The minimum atomic E-state index is -0.850. The number of nitrogens with one attached hydrogen (secondary N) is 1. The highest BCUT2D eigenvalue weighted by Crippen LogP contribution is 2.36. The maximum atomic E-state index is 12.5. The van der Waals surface area contributed by atoms with Crippen LogP contribution in [0, 0.1) is 11.8 Å². The predicted molar refractivity (Wildman–Crippen MR) is 95.0 cm³/mol. The Hall–Kier alpha value is -1.85. The quantitative estimate of drug-likeness (QED) is 0.644. The molecule has 3 amide bonds. The Bertz CT molecular complexity index is 737. The zero-order valence-electron chi connectivity index (χ0n) is 13.7. The van der Waals surface area contributed by atoms with Crippen LogP contribution in [0.4, 0.5) is 0 Å². The van der Waals surface area contributed by atoms with E-state index in [0.29, 0.717) is 28.5 Å². The van der Waals surface area contributed by atoms with Gasteiger partial charge in [0.1, 0.15) is 6.04 Å². The van der Waals surface area contributed by atoms with E-state index in [0.717, 1.165) is 4.90 Å². The molecular formula is C18H18Cl2N2O3. The van der Waals surface area contributed by atoms with E-state index in [1.54, 1.807) is 25.1 Å². The molecule has 7 heteroatoms. The van der Waals surface area contributed by atoms with Crippen LogP contribution >= 0.6 is 23.2 Å². The van der Waals surface area contributed by atoms with Crippen molar-refractivity contribution in [1.82, 2.24) is 10.2 Å². The number of rotatable bonds is 4. The molecule has 0 saturated carbocycles. The Morgan fingerprint density at radius 1 is 1.20 bits per heavy atom. The van der Waals surface area contributed by atoms with Gasteiger partial charge < -0.3 is 5.32 Å². The van der Waals surface area contributed by atoms with E-state index in [1.165, 1.54) is 0 Å². The number of benzene rings is 1. The molecule has 3 rings (SSSR count). The first-order chi connectivity index (χ1) is 11.9. The Morgan fingerprint density at radius 2 is 1.80 bits per heavy atom. The van der Waals surface area contributed by atoms with Gasteiger partial charge >= 0.3 is 0 Å². The van der Waals surface area contributed by atoms with Crippen LogP contribution in [0.3, 0.4) is 0 Å².